The smallest absolute Gasteiger partial charge is 0.789 e. The fourth-order valence-corrected chi connectivity index (χ4v) is 5.31. The summed E-state index contributed by atoms with van der Waals surface area (Å²) >= 11 is 0. The normalized spacial score (nSPS) is 25.9. The van der Waals surface area contributed by atoms with E-state index in [0.29, 0.717) is 0 Å². The molecule has 0 aromatic carbocycles. The number of aromatic nitrogens is 2. The van der Waals surface area contributed by atoms with Crippen LogP contribution in [-0.4, -0.2) is 54.5 Å². The van der Waals surface area contributed by atoms with Crippen molar-refractivity contribution >= 4 is 29.3 Å². The molecule has 0 radical (unpaired) electrons. The number of rotatable bonds is 8. The summed E-state index contributed by atoms with van der Waals surface area (Å²) in [6.07, 6.45) is -5.73. The van der Waals surface area contributed by atoms with E-state index >= 15 is 0 Å². The molecule has 0 spiro atoms. The first-order chi connectivity index (χ1) is 13.1. The Morgan fingerprint density at radius 1 is 1.16 bits per heavy atom. The Bertz CT molecular complexity index is 922. The summed E-state index contributed by atoms with van der Waals surface area (Å²) in [4.78, 5) is 53.8. The molecule has 1 aromatic heterocycles. The van der Waals surface area contributed by atoms with Crippen molar-refractivity contribution in [1.29, 1.82) is 0 Å². The van der Waals surface area contributed by atoms with Crippen LogP contribution in [-0.2, 0) is 31.6 Å². The summed E-state index contributed by atoms with van der Waals surface area (Å²) < 4.78 is 50.8. The van der Waals surface area contributed by atoms with Crippen molar-refractivity contribution in [3.05, 3.63) is 22.7 Å². The van der Waals surface area contributed by atoms with Crippen molar-refractivity contribution in [2.75, 3.05) is 12.3 Å². The van der Waals surface area contributed by atoms with Gasteiger partial charge in [0.1, 0.15) is 24.1 Å². The van der Waals surface area contributed by atoms with Crippen LogP contribution in [0.5, 0.6) is 0 Å². The average Bonchev–Trinajstić information content (AvgIpc) is 2.77. The van der Waals surface area contributed by atoms with Gasteiger partial charge in [0.05, 0.1) is 14.4 Å². The molecule has 1 aliphatic rings. The van der Waals surface area contributed by atoms with Gasteiger partial charge in [0, 0.05) is 6.20 Å². The molecule has 1 aliphatic heterocycles. The number of nitrogen functional groups attached to an aromatic ring is 1. The molecule has 22 heteroatoms. The molecule has 17 nitrogen and oxygen atoms in total. The minimum atomic E-state index is -6.11. The van der Waals surface area contributed by atoms with Crippen LogP contribution < -0.4 is 80.3 Å². The fraction of sp³-hybridized carbons (Fsp3) is 0.556. The molecule has 0 bridgehead atoms. The molecular formula is C9H14N3Na2O14P3. The molecule has 0 saturated carbocycles. The third-order valence-electron chi connectivity index (χ3n) is 3.27. The molecule has 31 heavy (non-hydrogen) atoms. The first-order valence-electron chi connectivity index (χ1n) is 7.21. The van der Waals surface area contributed by atoms with Crippen LogP contribution in [0.3, 0.4) is 0 Å². The van der Waals surface area contributed by atoms with E-state index in [1.165, 1.54) is 6.07 Å². The number of ether oxygens (including phenoxy) is 1. The van der Waals surface area contributed by atoms with Gasteiger partial charge in [-0.05, 0) is 6.07 Å². The van der Waals surface area contributed by atoms with Gasteiger partial charge in [0.2, 0.25) is 0 Å². The van der Waals surface area contributed by atoms with Gasteiger partial charge in [0.25, 0.3) is 0 Å². The number of nitrogens with two attached hydrogens (primary N) is 1. The summed E-state index contributed by atoms with van der Waals surface area (Å²) in [5, 5.41) is 20.0. The van der Waals surface area contributed by atoms with E-state index in [2.05, 4.69) is 18.1 Å². The summed E-state index contributed by atoms with van der Waals surface area (Å²) in [5.41, 5.74) is 4.35. The maximum Gasteiger partial charge on any atom is 1.00 e. The van der Waals surface area contributed by atoms with Crippen molar-refractivity contribution in [2.24, 2.45) is 0 Å². The number of hydrogen-bond acceptors (Lipinski definition) is 14. The van der Waals surface area contributed by atoms with Crippen LogP contribution in [0.25, 0.3) is 0 Å². The number of aliphatic hydroxyl groups excluding tert-OH is 2. The van der Waals surface area contributed by atoms with Gasteiger partial charge in [-0.3, -0.25) is 13.4 Å². The van der Waals surface area contributed by atoms with E-state index in [9.17, 15) is 38.5 Å². The molecule has 166 valence electrons. The fourth-order valence-electron chi connectivity index (χ4n) is 2.20. The zero-order valence-corrected chi connectivity index (χ0v) is 22.5. The Morgan fingerprint density at radius 3 is 2.23 bits per heavy atom. The van der Waals surface area contributed by atoms with Gasteiger partial charge in [-0.15, -0.1) is 0 Å². The predicted molar refractivity (Wildman–Crippen MR) is 84.2 cm³/mol. The second-order valence-corrected chi connectivity index (χ2v) is 9.77. The molecule has 1 saturated heterocycles. The van der Waals surface area contributed by atoms with Crippen molar-refractivity contribution in [2.45, 2.75) is 24.5 Å². The number of nitrogens with zero attached hydrogens (tertiary/aromatic N) is 2. The second-order valence-electron chi connectivity index (χ2n) is 5.43. The zero-order valence-electron chi connectivity index (χ0n) is 15.9. The van der Waals surface area contributed by atoms with Crippen LogP contribution in [0.2, 0.25) is 0 Å². The number of hydrogen-bond donors (Lipinski definition) is 5. The average molecular weight is 527 g/mol. The number of phosphoric acid groups is 3. The monoisotopic (exact) mass is 527 g/mol. The molecule has 0 aliphatic carbocycles. The van der Waals surface area contributed by atoms with Crippen molar-refractivity contribution in [3.63, 3.8) is 0 Å². The Balaban J connectivity index is 0.00000450. The van der Waals surface area contributed by atoms with Crippen LogP contribution in [0.1, 0.15) is 6.23 Å². The van der Waals surface area contributed by atoms with Crippen LogP contribution in [0, 0.1) is 0 Å². The summed E-state index contributed by atoms with van der Waals surface area (Å²) in [6, 6.07) is 1.17. The maximum atomic E-state index is 12.0. The van der Waals surface area contributed by atoms with Crippen molar-refractivity contribution < 1.29 is 120 Å². The standard InChI is InChI=1S/C9H16N3O14P3.2Na/c10-5-1-2-12(9(15)11-5)8-7(14)6(13)4(24-8)3-23-29(22,25-27(16,17)18)26-28(19,20)21;;/h1-2,4,6-8,13-14H,3H2,(H2,10,11,15)(H2,16,17,18)(H2,19,20,21);;/q;2*+1/p-2/t4-,6-,7-,8-;;/m1../s1. The van der Waals surface area contributed by atoms with Gasteiger partial charge >= 0.3 is 80.4 Å². The van der Waals surface area contributed by atoms with E-state index in [-0.39, 0.29) is 64.9 Å². The van der Waals surface area contributed by atoms with Crippen LogP contribution in [0.15, 0.2) is 17.1 Å². The van der Waals surface area contributed by atoms with Gasteiger partial charge in [-0.2, -0.15) is 9.29 Å². The summed E-state index contributed by atoms with van der Waals surface area (Å²) in [6.45, 7) is -1.15. The second kappa shape index (κ2) is 12.1. The first-order valence-corrected chi connectivity index (χ1v) is 11.7. The Kier molecular flexibility index (Phi) is 12.5. The van der Waals surface area contributed by atoms with Crippen molar-refractivity contribution in [1.82, 2.24) is 9.55 Å². The van der Waals surface area contributed by atoms with Crippen molar-refractivity contribution in [3.8, 4) is 0 Å². The topological polar surface area (TPSA) is 276 Å². The largest absolute Gasteiger partial charge is 1.00 e. The molecule has 2 heterocycles. The van der Waals surface area contributed by atoms with E-state index < -0.39 is 60.3 Å². The Morgan fingerprint density at radius 2 is 1.74 bits per heavy atom. The molecule has 1 aromatic rings. The van der Waals surface area contributed by atoms with Gasteiger partial charge in [0.15, 0.2) is 6.23 Å². The third-order valence-corrected chi connectivity index (χ3v) is 6.98. The molecule has 2 rings (SSSR count). The van der Waals surface area contributed by atoms with Gasteiger partial charge < -0.3 is 44.8 Å². The number of aliphatic hydroxyl groups is 2. The van der Waals surface area contributed by atoms with Crippen LogP contribution in [0.4, 0.5) is 5.82 Å². The molecule has 6 N–H and O–H groups in total. The zero-order chi connectivity index (χ0) is 22.2. The van der Waals surface area contributed by atoms with E-state index in [1.54, 1.807) is 0 Å². The minimum absolute atomic E-state index is 0. The SMILES string of the molecule is Nc1ccn([C@@H]2O[C@H](COP(=O)(OP(=O)([O-])[O-])OP(=O)(O)O)[C@@H](O)[C@H]2O)c(=O)n1.[Na+].[Na+]. The quantitative estimate of drug-likeness (QED) is 0.155. The molecule has 5 atom stereocenters. The van der Waals surface area contributed by atoms with E-state index in [0.717, 1.165) is 10.8 Å². The molecule has 0 amide bonds. The van der Waals surface area contributed by atoms with Gasteiger partial charge in [-0.1, -0.05) is 0 Å². The molecule has 1 unspecified atom stereocenters. The molecular weight excluding hydrogens is 513 g/mol. The predicted octanol–water partition coefficient (Wildman–Crippen LogP) is -9.47. The summed E-state index contributed by atoms with van der Waals surface area (Å²) in [7, 11) is -17.5. The maximum absolute atomic E-state index is 12.0. The van der Waals surface area contributed by atoms with Crippen LogP contribution >= 0.6 is 23.5 Å². The van der Waals surface area contributed by atoms with E-state index in [1.807, 2.05) is 0 Å². The number of anilines is 1. The third kappa shape index (κ3) is 9.62. The van der Waals surface area contributed by atoms with Gasteiger partial charge in [-0.25, -0.2) is 13.9 Å². The minimum Gasteiger partial charge on any atom is -0.789 e. The Labute approximate surface area is 217 Å². The van der Waals surface area contributed by atoms with E-state index in [4.69, 9.17) is 20.3 Å². The first kappa shape index (κ1) is 32.0. The summed E-state index contributed by atoms with van der Waals surface area (Å²) in [5.74, 6) is -0.147. The molecule has 1 fully saturated rings. The Hall–Kier alpha value is 0.970.